The molecule has 1 aliphatic carbocycles. The third-order valence-electron chi connectivity index (χ3n) is 2.55. The molecule has 2 rings (SSSR count). The number of halogens is 1. The molecule has 1 aromatic rings. The molecule has 1 fully saturated rings. The third kappa shape index (κ3) is 2.61. The smallest absolute Gasteiger partial charge is 0.239 e. The minimum atomic E-state index is -3.31. The first-order chi connectivity index (χ1) is 8.05. The normalized spacial score (nSPS) is 15.6. The molecular weight excluding hydrogens is 262 g/mol. The van der Waals surface area contributed by atoms with Crippen LogP contribution in [0, 0.1) is 0 Å². The number of alkyl halides is 1. The predicted molar refractivity (Wildman–Crippen MR) is 66.0 cm³/mol. The Balaban J connectivity index is 2.37. The summed E-state index contributed by atoms with van der Waals surface area (Å²) in [5, 5.41) is 2.20. The zero-order chi connectivity index (χ0) is 12.5. The maximum absolute atomic E-state index is 12.1. The summed E-state index contributed by atoms with van der Waals surface area (Å²) in [4.78, 5) is 11.4. The van der Waals surface area contributed by atoms with Crippen LogP contribution in [0.3, 0.4) is 0 Å². The van der Waals surface area contributed by atoms with E-state index < -0.39 is 15.7 Å². The fourth-order valence-electron chi connectivity index (χ4n) is 1.56. The van der Waals surface area contributed by atoms with Crippen LogP contribution in [0.15, 0.2) is 29.2 Å². The van der Waals surface area contributed by atoms with Gasteiger partial charge in [0.15, 0.2) is 9.84 Å². The Morgan fingerprint density at radius 2 is 2.00 bits per heavy atom. The minimum Gasteiger partial charge on any atom is -0.324 e. The lowest BCUT2D eigenvalue weighted by atomic mass is 10.3. The molecule has 1 N–H and O–H groups in total. The highest BCUT2D eigenvalue weighted by molar-refractivity contribution is 7.92. The first kappa shape index (κ1) is 12.4. The van der Waals surface area contributed by atoms with Crippen molar-refractivity contribution in [3.05, 3.63) is 24.3 Å². The van der Waals surface area contributed by atoms with Crippen LogP contribution in [0.4, 0.5) is 5.69 Å². The molecule has 0 saturated heterocycles. The Morgan fingerprint density at radius 3 is 2.59 bits per heavy atom. The first-order valence-electron chi connectivity index (χ1n) is 5.24. The number of benzene rings is 1. The van der Waals surface area contributed by atoms with Crippen LogP contribution in [-0.2, 0) is 14.6 Å². The molecule has 92 valence electrons. The molecular formula is C11H12ClNO3S. The van der Waals surface area contributed by atoms with Crippen molar-refractivity contribution >= 4 is 33.0 Å². The zero-order valence-electron chi connectivity index (χ0n) is 9.02. The zero-order valence-corrected chi connectivity index (χ0v) is 10.6. The Labute approximate surface area is 105 Å². The Bertz CT molecular complexity index is 537. The summed E-state index contributed by atoms with van der Waals surface area (Å²) in [6, 6.07) is 6.40. The Morgan fingerprint density at radius 1 is 1.35 bits per heavy atom. The molecule has 1 saturated carbocycles. The Kier molecular flexibility index (Phi) is 3.40. The van der Waals surface area contributed by atoms with E-state index in [9.17, 15) is 13.2 Å². The van der Waals surface area contributed by atoms with E-state index in [0.717, 1.165) is 0 Å². The summed E-state index contributed by atoms with van der Waals surface area (Å²) in [7, 11) is -3.31. The number of carbonyl (C=O) groups excluding carboxylic acids is 1. The predicted octanol–water partition coefficient (Wildman–Crippen LogP) is 1.80. The summed E-state index contributed by atoms with van der Waals surface area (Å²) in [5.74, 6) is -0.609. The second-order valence-electron chi connectivity index (χ2n) is 3.92. The molecule has 6 heteroatoms. The molecule has 0 atom stereocenters. The molecule has 0 aliphatic heterocycles. The van der Waals surface area contributed by atoms with Crippen LogP contribution in [0.1, 0.15) is 12.8 Å². The summed E-state index contributed by atoms with van der Waals surface area (Å²) < 4.78 is 24.2. The maximum atomic E-state index is 12.1. The van der Waals surface area contributed by atoms with Gasteiger partial charge in [0.1, 0.15) is 5.88 Å². The van der Waals surface area contributed by atoms with Gasteiger partial charge in [-0.3, -0.25) is 4.79 Å². The highest BCUT2D eigenvalue weighted by atomic mass is 35.5. The monoisotopic (exact) mass is 273 g/mol. The van der Waals surface area contributed by atoms with Crippen molar-refractivity contribution in [3.63, 3.8) is 0 Å². The molecule has 0 unspecified atom stereocenters. The van der Waals surface area contributed by atoms with Crippen LogP contribution in [0.5, 0.6) is 0 Å². The van der Waals surface area contributed by atoms with E-state index in [2.05, 4.69) is 5.32 Å². The van der Waals surface area contributed by atoms with E-state index in [0.29, 0.717) is 18.5 Å². The number of amides is 1. The molecule has 17 heavy (non-hydrogen) atoms. The largest absolute Gasteiger partial charge is 0.324 e. The van der Waals surface area contributed by atoms with Crippen LogP contribution in [0.2, 0.25) is 0 Å². The fourth-order valence-corrected chi connectivity index (χ4v) is 3.44. The summed E-state index contributed by atoms with van der Waals surface area (Å²) in [6.07, 6.45) is 1.39. The summed E-state index contributed by atoms with van der Waals surface area (Å²) >= 11 is 5.38. The molecule has 1 aromatic carbocycles. The first-order valence-corrected chi connectivity index (χ1v) is 7.32. The topological polar surface area (TPSA) is 63.2 Å². The van der Waals surface area contributed by atoms with E-state index in [4.69, 9.17) is 11.6 Å². The molecule has 0 heterocycles. The van der Waals surface area contributed by atoms with Crippen molar-refractivity contribution in [2.24, 2.45) is 0 Å². The highest BCUT2D eigenvalue weighted by Gasteiger charge is 2.38. The lowest BCUT2D eigenvalue weighted by Gasteiger charge is -2.10. The van der Waals surface area contributed by atoms with E-state index >= 15 is 0 Å². The van der Waals surface area contributed by atoms with Crippen molar-refractivity contribution < 1.29 is 13.2 Å². The van der Waals surface area contributed by atoms with Crippen molar-refractivity contribution in [2.45, 2.75) is 23.0 Å². The molecule has 4 nitrogen and oxygen atoms in total. The van der Waals surface area contributed by atoms with Crippen LogP contribution in [0.25, 0.3) is 0 Å². The molecule has 0 spiro atoms. The van der Waals surface area contributed by atoms with Gasteiger partial charge in [-0.25, -0.2) is 8.42 Å². The van der Waals surface area contributed by atoms with Crippen molar-refractivity contribution in [3.8, 4) is 0 Å². The number of anilines is 1. The van der Waals surface area contributed by atoms with Crippen molar-refractivity contribution in [1.82, 2.24) is 0 Å². The van der Waals surface area contributed by atoms with Gasteiger partial charge in [0.05, 0.1) is 15.8 Å². The third-order valence-corrected chi connectivity index (χ3v) is 5.11. The highest BCUT2D eigenvalue weighted by Crippen LogP contribution is 2.36. The number of hydrogen-bond donors (Lipinski definition) is 1. The van der Waals surface area contributed by atoms with Gasteiger partial charge in [-0.15, -0.1) is 11.6 Å². The average molecular weight is 274 g/mol. The van der Waals surface area contributed by atoms with Gasteiger partial charge in [0.25, 0.3) is 0 Å². The second kappa shape index (κ2) is 4.66. The van der Waals surface area contributed by atoms with Gasteiger partial charge < -0.3 is 5.32 Å². The lowest BCUT2D eigenvalue weighted by molar-refractivity contribution is -0.113. The number of para-hydroxylation sites is 1. The van der Waals surface area contributed by atoms with E-state index in [-0.39, 0.29) is 16.0 Å². The fraction of sp³-hybridized carbons (Fsp3) is 0.364. The molecule has 0 aromatic heterocycles. The van der Waals surface area contributed by atoms with E-state index in [1.807, 2.05) is 0 Å². The van der Waals surface area contributed by atoms with Gasteiger partial charge in [-0.1, -0.05) is 12.1 Å². The van der Waals surface area contributed by atoms with Crippen LogP contribution < -0.4 is 5.32 Å². The molecule has 1 aliphatic rings. The van der Waals surface area contributed by atoms with Crippen molar-refractivity contribution in [2.75, 3.05) is 11.2 Å². The van der Waals surface area contributed by atoms with Crippen LogP contribution >= 0.6 is 11.6 Å². The van der Waals surface area contributed by atoms with Gasteiger partial charge >= 0.3 is 0 Å². The van der Waals surface area contributed by atoms with Gasteiger partial charge in [-0.2, -0.15) is 0 Å². The van der Waals surface area contributed by atoms with Gasteiger partial charge in [-0.05, 0) is 25.0 Å². The molecule has 0 radical (unpaired) electrons. The molecule has 0 bridgehead atoms. The number of rotatable bonds is 4. The Hall–Kier alpha value is -1.07. The van der Waals surface area contributed by atoms with Crippen molar-refractivity contribution in [1.29, 1.82) is 0 Å². The van der Waals surface area contributed by atoms with Gasteiger partial charge in [0, 0.05) is 0 Å². The van der Waals surface area contributed by atoms with E-state index in [1.54, 1.807) is 18.2 Å². The second-order valence-corrected chi connectivity index (χ2v) is 6.39. The number of carbonyl (C=O) groups is 1. The van der Waals surface area contributed by atoms with Crippen LogP contribution in [-0.4, -0.2) is 25.5 Å². The lowest BCUT2D eigenvalue weighted by Crippen LogP contribution is -2.16. The SMILES string of the molecule is O=C(CCl)Nc1ccccc1S(=O)(=O)C1CC1. The number of sulfone groups is 1. The minimum absolute atomic E-state index is 0.181. The number of hydrogen-bond acceptors (Lipinski definition) is 3. The molecule has 1 amide bonds. The standard InChI is InChI=1S/C11H12ClNO3S/c12-7-11(14)13-9-3-1-2-4-10(9)17(15,16)8-5-6-8/h1-4,8H,5-7H2,(H,13,14). The quantitative estimate of drug-likeness (QED) is 0.851. The van der Waals surface area contributed by atoms with Gasteiger partial charge in [0.2, 0.25) is 5.91 Å². The summed E-state index contributed by atoms with van der Waals surface area (Å²) in [6.45, 7) is 0. The average Bonchev–Trinajstić information content (AvgIpc) is 3.13. The number of nitrogens with one attached hydrogen (secondary N) is 1. The van der Waals surface area contributed by atoms with E-state index in [1.165, 1.54) is 6.07 Å². The summed E-state index contributed by atoms with van der Waals surface area (Å²) in [5.41, 5.74) is 0.310. The maximum Gasteiger partial charge on any atom is 0.239 e.